The average molecular weight is 333 g/mol. The summed E-state index contributed by atoms with van der Waals surface area (Å²) in [7, 11) is 1.73. The molecule has 1 aromatic heterocycles. The molecular formula is C15H19N5O4. The molecule has 0 bridgehead atoms. The van der Waals surface area contributed by atoms with E-state index in [1.165, 1.54) is 0 Å². The van der Waals surface area contributed by atoms with E-state index in [9.17, 15) is 9.59 Å². The first-order valence-corrected chi connectivity index (χ1v) is 8.03. The standard InChI is InChI=1S/C15H19N5O4/c1-18-11(2-3-16-18)14(21)20-8-10-12(9-20)24-17-13(10)15(22)19-4-6-23-7-5-19/h2-3,10,12H,4-9H2,1H3/t10-,12+/m0/s1. The predicted molar refractivity (Wildman–Crippen MR) is 82.3 cm³/mol. The Balaban J connectivity index is 1.46. The van der Waals surface area contributed by atoms with Crippen molar-refractivity contribution < 1.29 is 19.2 Å². The number of oxime groups is 1. The second-order valence-corrected chi connectivity index (χ2v) is 6.18. The van der Waals surface area contributed by atoms with Crippen LogP contribution < -0.4 is 0 Å². The number of aromatic nitrogens is 2. The van der Waals surface area contributed by atoms with E-state index >= 15 is 0 Å². The zero-order valence-electron chi connectivity index (χ0n) is 13.4. The Kier molecular flexibility index (Phi) is 3.72. The number of hydrogen-bond acceptors (Lipinski definition) is 6. The fourth-order valence-electron chi connectivity index (χ4n) is 3.37. The topological polar surface area (TPSA) is 89.3 Å². The smallest absolute Gasteiger partial charge is 0.272 e. The zero-order valence-corrected chi connectivity index (χ0v) is 13.4. The van der Waals surface area contributed by atoms with Crippen LogP contribution in [0.3, 0.4) is 0 Å². The number of fused-ring (bicyclic) bond motifs is 1. The van der Waals surface area contributed by atoms with Gasteiger partial charge in [-0.05, 0) is 6.07 Å². The molecule has 3 aliphatic rings. The van der Waals surface area contributed by atoms with Crippen molar-refractivity contribution >= 4 is 17.5 Å². The van der Waals surface area contributed by atoms with E-state index in [0.717, 1.165) is 0 Å². The average Bonchev–Trinajstić information content (AvgIpc) is 3.29. The SMILES string of the molecule is Cn1nccc1C(=O)N1C[C@@H]2C(C(=O)N3CCOCC3)=NO[C@@H]2C1. The fourth-order valence-corrected chi connectivity index (χ4v) is 3.37. The van der Waals surface area contributed by atoms with Gasteiger partial charge in [0.05, 0.1) is 25.7 Å². The quantitative estimate of drug-likeness (QED) is 0.700. The summed E-state index contributed by atoms with van der Waals surface area (Å²) in [6, 6.07) is 1.69. The normalized spacial score (nSPS) is 26.1. The van der Waals surface area contributed by atoms with E-state index < -0.39 is 0 Å². The first-order valence-electron chi connectivity index (χ1n) is 8.03. The Hall–Kier alpha value is -2.42. The van der Waals surface area contributed by atoms with Gasteiger partial charge in [0, 0.05) is 32.9 Å². The van der Waals surface area contributed by atoms with Crippen LogP contribution in [-0.2, 0) is 21.4 Å². The number of rotatable bonds is 2. The van der Waals surface area contributed by atoms with Crippen LogP contribution in [0.25, 0.3) is 0 Å². The third-order valence-corrected chi connectivity index (χ3v) is 4.75. The molecule has 0 unspecified atom stereocenters. The van der Waals surface area contributed by atoms with Crippen LogP contribution in [0.15, 0.2) is 17.4 Å². The van der Waals surface area contributed by atoms with E-state index in [2.05, 4.69) is 10.3 Å². The fraction of sp³-hybridized carbons (Fsp3) is 0.600. The van der Waals surface area contributed by atoms with Gasteiger partial charge >= 0.3 is 0 Å². The summed E-state index contributed by atoms with van der Waals surface area (Å²) in [5.41, 5.74) is 0.940. The van der Waals surface area contributed by atoms with E-state index in [-0.39, 0.29) is 23.8 Å². The maximum atomic E-state index is 12.6. The number of ether oxygens (including phenoxy) is 1. The molecule has 0 radical (unpaired) electrons. The van der Waals surface area contributed by atoms with Crippen molar-refractivity contribution in [2.75, 3.05) is 39.4 Å². The lowest BCUT2D eigenvalue weighted by Crippen LogP contribution is -2.46. The molecule has 2 atom stereocenters. The highest BCUT2D eigenvalue weighted by Crippen LogP contribution is 2.29. The van der Waals surface area contributed by atoms with Crippen molar-refractivity contribution in [2.45, 2.75) is 6.10 Å². The highest BCUT2D eigenvalue weighted by molar-refractivity contribution is 6.40. The number of carbonyl (C=O) groups is 2. The van der Waals surface area contributed by atoms with Crippen molar-refractivity contribution in [3.63, 3.8) is 0 Å². The Labute approximate surface area is 138 Å². The highest BCUT2D eigenvalue weighted by atomic mass is 16.6. The highest BCUT2D eigenvalue weighted by Gasteiger charge is 2.47. The Morgan fingerprint density at radius 2 is 1.96 bits per heavy atom. The lowest BCUT2D eigenvalue weighted by atomic mass is 10.00. The summed E-state index contributed by atoms with van der Waals surface area (Å²) in [6.07, 6.45) is 1.34. The van der Waals surface area contributed by atoms with Crippen LogP contribution in [0.2, 0.25) is 0 Å². The van der Waals surface area contributed by atoms with E-state index in [0.29, 0.717) is 50.8 Å². The monoisotopic (exact) mass is 333 g/mol. The number of aryl methyl sites for hydroxylation is 1. The molecule has 9 nitrogen and oxygen atoms in total. The minimum absolute atomic E-state index is 0.105. The van der Waals surface area contributed by atoms with Gasteiger partial charge in [-0.25, -0.2) is 0 Å². The van der Waals surface area contributed by atoms with Gasteiger partial charge in [0.1, 0.15) is 5.69 Å². The lowest BCUT2D eigenvalue weighted by Gasteiger charge is -2.27. The second kappa shape index (κ2) is 5.90. The third-order valence-electron chi connectivity index (χ3n) is 4.75. The lowest BCUT2D eigenvalue weighted by molar-refractivity contribution is -0.128. The molecule has 0 saturated carbocycles. The van der Waals surface area contributed by atoms with Crippen molar-refractivity contribution in [2.24, 2.45) is 18.1 Å². The first-order chi connectivity index (χ1) is 11.6. The van der Waals surface area contributed by atoms with Crippen LogP contribution in [0, 0.1) is 5.92 Å². The number of amides is 2. The van der Waals surface area contributed by atoms with Crippen molar-refractivity contribution in [1.82, 2.24) is 19.6 Å². The van der Waals surface area contributed by atoms with Crippen LogP contribution in [0.4, 0.5) is 0 Å². The van der Waals surface area contributed by atoms with Gasteiger partial charge < -0.3 is 19.4 Å². The van der Waals surface area contributed by atoms with Gasteiger partial charge in [-0.3, -0.25) is 14.3 Å². The molecule has 9 heteroatoms. The summed E-state index contributed by atoms with van der Waals surface area (Å²) in [4.78, 5) is 34.1. The molecule has 2 fully saturated rings. The molecule has 2 saturated heterocycles. The minimum atomic E-state index is -0.248. The second-order valence-electron chi connectivity index (χ2n) is 6.18. The van der Waals surface area contributed by atoms with Gasteiger partial charge in [0.25, 0.3) is 11.8 Å². The van der Waals surface area contributed by atoms with Crippen LogP contribution in [0.5, 0.6) is 0 Å². The van der Waals surface area contributed by atoms with Crippen LogP contribution in [0.1, 0.15) is 10.5 Å². The van der Waals surface area contributed by atoms with E-state index in [1.54, 1.807) is 33.8 Å². The van der Waals surface area contributed by atoms with Crippen molar-refractivity contribution in [3.05, 3.63) is 18.0 Å². The van der Waals surface area contributed by atoms with Crippen molar-refractivity contribution in [3.8, 4) is 0 Å². The molecule has 2 amide bonds. The van der Waals surface area contributed by atoms with Gasteiger partial charge in [-0.1, -0.05) is 5.16 Å². The molecule has 0 aromatic carbocycles. The van der Waals surface area contributed by atoms with Crippen LogP contribution >= 0.6 is 0 Å². The molecular weight excluding hydrogens is 314 g/mol. The molecule has 0 spiro atoms. The number of carbonyl (C=O) groups excluding carboxylic acids is 2. The van der Waals surface area contributed by atoms with Gasteiger partial charge in [-0.2, -0.15) is 5.10 Å². The number of nitrogens with zero attached hydrogens (tertiary/aromatic N) is 5. The van der Waals surface area contributed by atoms with Gasteiger partial charge in [-0.15, -0.1) is 0 Å². The molecule has 4 heterocycles. The largest absolute Gasteiger partial charge is 0.389 e. The maximum absolute atomic E-state index is 12.6. The molecule has 4 rings (SSSR count). The first kappa shape index (κ1) is 15.1. The Morgan fingerprint density at radius 3 is 2.67 bits per heavy atom. The molecule has 1 aromatic rings. The zero-order chi connectivity index (χ0) is 16.7. The van der Waals surface area contributed by atoms with Crippen LogP contribution in [-0.4, -0.2) is 82.6 Å². The summed E-state index contributed by atoms with van der Waals surface area (Å²) in [6.45, 7) is 3.07. The molecule has 0 aliphatic carbocycles. The molecule has 24 heavy (non-hydrogen) atoms. The summed E-state index contributed by atoms with van der Waals surface area (Å²) in [5, 5.41) is 8.03. The predicted octanol–water partition coefficient (Wildman–Crippen LogP) is -0.894. The van der Waals surface area contributed by atoms with E-state index in [1.807, 2.05) is 0 Å². The summed E-state index contributed by atoms with van der Waals surface area (Å²) in [5.74, 6) is -0.385. The number of morpholine rings is 1. The molecule has 0 N–H and O–H groups in total. The summed E-state index contributed by atoms with van der Waals surface area (Å²) >= 11 is 0. The number of hydrogen-bond donors (Lipinski definition) is 0. The van der Waals surface area contributed by atoms with Gasteiger partial charge in [0.2, 0.25) is 0 Å². The number of likely N-dealkylation sites (tertiary alicyclic amines) is 1. The Bertz CT molecular complexity index is 694. The maximum Gasteiger partial charge on any atom is 0.272 e. The summed E-state index contributed by atoms with van der Waals surface area (Å²) < 4.78 is 6.82. The molecule has 128 valence electrons. The van der Waals surface area contributed by atoms with Gasteiger partial charge in [0.15, 0.2) is 11.8 Å². The Morgan fingerprint density at radius 1 is 1.17 bits per heavy atom. The third kappa shape index (κ3) is 2.44. The van der Waals surface area contributed by atoms with E-state index in [4.69, 9.17) is 9.57 Å². The van der Waals surface area contributed by atoms with Crippen molar-refractivity contribution in [1.29, 1.82) is 0 Å². The minimum Gasteiger partial charge on any atom is -0.389 e. The molecule has 3 aliphatic heterocycles.